The molecule has 0 heterocycles. The maximum absolute atomic E-state index is 11.0. The van der Waals surface area contributed by atoms with Gasteiger partial charge in [0.05, 0.1) is 0 Å². The second-order valence-corrected chi connectivity index (χ2v) is 5.01. The van der Waals surface area contributed by atoms with E-state index in [0.29, 0.717) is 11.6 Å². The highest BCUT2D eigenvalue weighted by Crippen LogP contribution is 2.32. The van der Waals surface area contributed by atoms with Crippen molar-refractivity contribution >= 4 is 5.91 Å². The van der Waals surface area contributed by atoms with Crippen molar-refractivity contribution in [2.75, 3.05) is 0 Å². The van der Waals surface area contributed by atoms with Gasteiger partial charge in [-0.15, -0.1) is 0 Å². The van der Waals surface area contributed by atoms with Crippen molar-refractivity contribution in [1.82, 2.24) is 5.32 Å². The fraction of sp³-hybridized carbons (Fsp3) is 0.500. The number of amides is 1. The summed E-state index contributed by atoms with van der Waals surface area (Å²) in [5, 5.41) is 3.53. The first-order valence-electron chi connectivity index (χ1n) is 6.20. The molecular formula is C14H20N2O. The minimum absolute atomic E-state index is 0.362. The van der Waals surface area contributed by atoms with Crippen molar-refractivity contribution in [1.29, 1.82) is 0 Å². The molecule has 0 bridgehead atoms. The molecule has 1 aromatic carbocycles. The molecule has 0 spiro atoms. The molecule has 1 aromatic rings. The predicted octanol–water partition coefficient (Wildman–Crippen LogP) is 1.98. The normalized spacial score (nSPS) is 16.8. The first-order valence-corrected chi connectivity index (χ1v) is 6.20. The van der Waals surface area contributed by atoms with Crippen LogP contribution in [0.4, 0.5) is 0 Å². The summed E-state index contributed by atoms with van der Waals surface area (Å²) in [6.45, 7) is 5.12. The Kier molecular flexibility index (Phi) is 3.48. The molecule has 3 nitrogen and oxygen atoms in total. The molecular weight excluding hydrogens is 212 g/mol. The van der Waals surface area contributed by atoms with Gasteiger partial charge in [-0.25, -0.2) is 0 Å². The van der Waals surface area contributed by atoms with E-state index in [0.717, 1.165) is 18.0 Å². The summed E-state index contributed by atoms with van der Waals surface area (Å²) in [6.07, 6.45) is 2.71. The van der Waals surface area contributed by atoms with Gasteiger partial charge < -0.3 is 11.1 Å². The number of carbonyl (C=O) groups excluding carboxylic acids is 1. The second kappa shape index (κ2) is 4.88. The number of nitrogens with two attached hydrogens (primary N) is 1. The van der Waals surface area contributed by atoms with Crippen LogP contribution in [0.15, 0.2) is 18.2 Å². The Morgan fingerprint density at radius 2 is 2.24 bits per heavy atom. The van der Waals surface area contributed by atoms with Crippen LogP contribution in [-0.2, 0) is 6.54 Å². The Morgan fingerprint density at radius 1 is 1.53 bits per heavy atom. The van der Waals surface area contributed by atoms with Gasteiger partial charge in [-0.05, 0) is 55.9 Å². The van der Waals surface area contributed by atoms with E-state index in [1.54, 1.807) is 6.07 Å². The lowest BCUT2D eigenvalue weighted by Gasteiger charge is -2.14. The SMILES string of the molecule is Cc1cc(C(N)=O)ccc1CNC(C)C1CC1. The molecule has 2 rings (SSSR count). The molecule has 1 atom stereocenters. The predicted molar refractivity (Wildman–Crippen MR) is 68.7 cm³/mol. The van der Waals surface area contributed by atoms with Gasteiger partial charge in [-0.2, -0.15) is 0 Å². The molecule has 1 aliphatic carbocycles. The number of primary amides is 1. The zero-order valence-corrected chi connectivity index (χ0v) is 10.5. The topological polar surface area (TPSA) is 55.1 Å². The van der Waals surface area contributed by atoms with Gasteiger partial charge in [0.25, 0.3) is 0 Å². The smallest absolute Gasteiger partial charge is 0.248 e. The summed E-state index contributed by atoms with van der Waals surface area (Å²) >= 11 is 0. The van der Waals surface area contributed by atoms with Crippen LogP contribution in [0, 0.1) is 12.8 Å². The maximum Gasteiger partial charge on any atom is 0.248 e. The fourth-order valence-electron chi connectivity index (χ4n) is 2.08. The van der Waals surface area contributed by atoms with Crippen LogP contribution in [0.25, 0.3) is 0 Å². The van der Waals surface area contributed by atoms with E-state index in [4.69, 9.17) is 5.73 Å². The Balaban J connectivity index is 1.98. The third-order valence-corrected chi connectivity index (χ3v) is 3.57. The molecule has 0 aromatic heterocycles. The minimum atomic E-state index is -0.362. The first-order chi connectivity index (χ1) is 8.08. The quantitative estimate of drug-likeness (QED) is 0.815. The van der Waals surface area contributed by atoms with Crippen molar-refractivity contribution < 1.29 is 4.79 Å². The number of benzene rings is 1. The molecule has 92 valence electrons. The van der Waals surface area contributed by atoms with Crippen LogP contribution in [-0.4, -0.2) is 11.9 Å². The van der Waals surface area contributed by atoms with Crippen LogP contribution in [0.5, 0.6) is 0 Å². The first kappa shape index (κ1) is 12.1. The number of rotatable bonds is 5. The lowest BCUT2D eigenvalue weighted by molar-refractivity contribution is 0.1000. The standard InChI is InChI=1S/C14H20N2O/c1-9-7-12(14(15)17)5-6-13(9)8-16-10(2)11-3-4-11/h5-7,10-11,16H,3-4,8H2,1-2H3,(H2,15,17). The Labute approximate surface area is 102 Å². The molecule has 1 amide bonds. The van der Waals surface area contributed by atoms with Crippen LogP contribution in [0.2, 0.25) is 0 Å². The molecule has 1 fully saturated rings. The third-order valence-electron chi connectivity index (χ3n) is 3.57. The monoisotopic (exact) mass is 232 g/mol. The Morgan fingerprint density at radius 3 is 2.76 bits per heavy atom. The highest BCUT2D eigenvalue weighted by molar-refractivity contribution is 5.93. The highest BCUT2D eigenvalue weighted by Gasteiger charge is 2.27. The summed E-state index contributed by atoms with van der Waals surface area (Å²) in [5.41, 5.74) is 8.19. The van der Waals surface area contributed by atoms with Crippen LogP contribution in [0.1, 0.15) is 41.3 Å². The van der Waals surface area contributed by atoms with E-state index >= 15 is 0 Å². The largest absolute Gasteiger partial charge is 0.366 e. The molecule has 1 aliphatic rings. The van der Waals surface area contributed by atoms with Crippen LogP contribution < -0.4 is 11.1 Å². The molecule has 0 saturated heterocycles. The highest BCUT2D eigenvalue weighted by atomic mass is 16.1. The van der Waals surface area contributed by atoms with Crippen molar-refractivity contribution in [2.24, 2.45) is 11.7 Å². The minimum Gasteiger partial charge on any atom is -0.366 e. The lowest BCUT2D eigenvalue weighted by atomic mass is 10.0. The van der Waals surface area contributed by atoms with E-state index in [-0.39, 0.29) is 5.91 Å². The molecule has 17 heavy (non-hydrogen) atoms. The molecule has 1 saturated carbocycles. The number of aryl methyl sites for hydroxylation is 1. The van der Waals surface area contributed by atoms with Gasteiger partial charge in [0.1, 0.15) is 0 Å². The van der Waals surface area contributed by atoms with Crippen molar-refractivity contribution in [3.8, 4) is 0 Å². The van der Waals surface area contributed by atoms with Gasteiger partial charge in [0, 0.05) is 18.2 Å². The van der Waals surface area contributed by atoms with Crippen LogP contribution in [0.3, 0.4) is 0 Å². The molecule has 3 N–H and O–H groups in total. The summed E-state index contributed by atoms with van der Waals surface area (Å²) < 4.78 is 0. The van der Waals surface area contributed by atoms with Crippen molar-refractivity contribution in [3.63, 3.8) is 0 Å². The number of nitrogens with one attached hydrogen (secondary N) is 1. The Bertz CT molecular complexity index is 424. The number of hydrogen-bond acceptors (Lipinski definition) is 2. The zero-order valence-electron chi connectivity index (χ0n) is 10.5. The summed E-state index contributed by atoms with van der Waals surface area (Å²) in [5.74, 6) is 0.499. The molecule has 1 unspecified atom stereocenters. The summed E-state index contributed by atoms with van der Waals surface area (Å²) in [7, 11) is 0. The fourth-order valence-corrected chi connectivity index (χ4v) is 2.08. The van der Waals surface area contributed by atoms with E-state index in [1.165, 1.54) is 18.4 Å². The van der Waals surface area contributed by atoms with Gasteiger partial charge in [0.15, 0.2) is 0 Å². The Hall–Kier alpha value is -1.35. The molecule has 0 radical (unpaired) electrons. The van der Waals surface area contributed by atoms with Crippen molar-refractivity contribution in [2.45, 2.75) is 39.3 Å². The van der Waals surface area contributed by atoms with E-state index in [9.17, 15) is 4.79 Å². The van der Waals surface area contributed by atoms with Crippen LogP contribution >= 0.6 is 0 Å². The molecule has 3 heteroatoms. The van der Waals surface area contributed by atoms with Gasteiger partial charge in [0.2, 0.25) is 5.91 Å². The van der Waals surface area contributed by atoms with Gasteiger partial charge in [-0.1, -0.05) is 6.07 Å². The lowest BCUT2D eigenvalue weighted by Crippen LogP contribution is -2.27. The number of carbonyl (C=O) groups is 1. The van der Waals surface area contributed by atoms with Gasteiger partial charge >= 0.3 is 0 Å². The van der Waals surface area contributed by atoms with E-state index in [1.807, 2.05) is 19.1 Å². The number of hydrogen-bond donors (Lipinski definition) is 2. The average molecular weight is 232 g/mol. The summed E-state index contributed by atoms with van der Waals surface area (Å²) in [4.78, 5) is 11.0. The van der Waals surface area contributed by atoms with E-state index in [2.05, 4.69) is 12.2 Å². The zero-order chi connectivity index (χ0) is 12.4. The van der Waals surface area contributed by atoms with Crippen molar-refractivity contribution in [3.05, 3.63) is 34.9 Å². The average Bonchev–Trinajstić information content (AvgIpc) is 3.10. The van der Waals surface area contributed by atoms with Gasteiger partial charge in [-0.3, -0.25) is 4.79 Å². The van der Waals surface area contributed by atoms with E-state index < -0.39 is 0 Å². The summed E-state index contributed by atoms with van der Waals surface area (Å²) in [6, 6.07) is 6.24. The maximum atomic E-state index is 11.0. The third kappa shape index (κ3) is 3.07. The molecule has 0 aliphatic heterocycles. The second-order valence-electron chi connectivity index (χ2n) is 5.01.